The highest BCUT2D eigenvalue weighted by atomic mass is 32.2. The number of nitrogens with one attached hydrogen (secondary N) is 1. The Hall–Kier alpha value is -2.42. The van der Waals surface area contributed by atoms with E-state index in [0.29, 0.717) is 48.9 Å². The van der Waals surface area contributed by atoms with Crippen molar-refractivity contribution >= 4 is 21.6 Å². The van der Waals surface area contributed by atoms with Crippen LogP contribution in [-0.4, -0.2) is 52.0 Å². The molecule has 2 aromatic carbocycles. The average Bonchev–Trinajstić information content (AvgIpc) is 2.69. The number of benzene rings is 2. The molecule has 2 aromatic rings. The van der Waals surface area contributed by atoms with E-state index in [1.807, 2.05) is 0 Å². The minimum atomic E-state index is -3.67. The van der Waals surface area contributed by atoms with E-state index in [1.54, 1.807) is 44.4 Å². The van der Waals surface area contributed by atoms with Gasteiger partial charge in [-0.05, 0) is 36.8 Å². The SMILES string of the molecule is COc1cccc(NC(=O)c2cc(S(=O)(=O)N3CCOCC3)ccc2C)c1. The molecular formula is C19H22N2O5S. The van der Waals surface area contributed by atoms with Crippen molar-refractivity contribution in [1.82, 2.24) is 4.31 Å². The van der Waals surface area contributed by atoms with Crippen LogP contribution in [0.15, 0.2) is 47.4 Å². The van der Waals surface area contributed by atoms with Crippen LogP contribution in [-0.2, 0) is 14.8 Å². The van der Waals surface area contributed by atoms with Crippen molar-refractivity contribution in [3.8, 4) is 5.75 Å². The highest BCUT2D eigenvalue weighted by Gasteiger charge is 2.27. The van der Waals surface area contributed by atoms with Gasteiger partial charge in [-0.3, -0.25) is 4.79 Å². The Morgan fingerprint density at radius 2 is 1.89 bits per heavy atom. The number of ether oxygens (including phenoxy) is 2. The molecule has 1 N–H and O–H groups in total. The first-order chi connectivity index (χ1) is 12.9. The number of hydrogen-bond acceptors (Lipinski definition) is 5. The van der Waals surface area contributed by atoms with Gasteiger partial charge in [0.1, 0.15) is 5.75 Å². The second-order valence-electron chi connectivity index (χ2n) is 6.18. The number of aryl methyl sites for hydroxylation is 1. The zero-order valence-corrected chi connectivity index (χ0v) is 16.1. The Kier molecular flexibility index (Phi) is 5.79. The molecule has 1 heterocycles. The third-order valence-electron chi connectivity index (χ3n) is 4.39. The lowest BCUT2D eigenvalue weighted by atomic mass is 10.1. The van der Waals surface area contributed by atoms with E-state index in [9.17, 15) is 13.2 Å². The number of morpholine rings is 1. The maximum atomic E-state index is 12.8. The minimum absolute atomic E-state index is 0.103. The van der Waals surface area contributed by atoms with Gasteiger partial charge in [-0.1, -0.05) is 12.1 Å². The van der Waals surface area contributed by atoms with Crippen molar-refractivity contribution in [2.75, 3.05) is 38.7 Å². The molecule has 0 aliphatic carbocycles. The van der Waals surface area contributed by atoms with Gasteiger partial charge in [0.15, 0.2) is 0 Å². The zero-order chi connectivity index (χ0) is 19.4. The summed E-state index contributed by atoms with van der Waals surface area (Å²) in [7, 11) is -2.12. The summed E-state index contributed by atoms with van der Waals surface area (Å²) in [4.78, 5) is 12.8. The molecule has 144 valence electrons. The van der Waals surface area contributed by atoms with Crippen LogP contribution in [0, 0.1) is 6.92 Å². The standard InChI is InChI=1S/C19H22N2O5S/c1-14-6-7-17(27(23,24)21-8-10-26-11-9-21)13-18(14)19(22)20-15-4-3-5-16(12-15)25-2/h3-7,12-13H,8-11H2,1-2H3,(H,20,22). The minimum Gasteiger partial charge on any atom is -0.497 e. The molecule has 0 aromatic heterocycles. The van der Waals surface area contributed by atoms with Gasteiger partial charge >= 0.3 is 0 Å². The van der Waals surface area contributed by atoms with Gasteiger partial charge < -0.3 is 14.8 Å². The molecule has 7 nitrogen and oxygen atoms in total. The first-order valence-electron chi connectivity index (χ1n) is 8.56. The number of hydrogen-bond donors (Lipinski definition) is 1. The fraction of sp³-hybridized carbons (Fsp3) is 0.316. The van der Waals surface area contributed by atoms with Crippen molar-refractivity contribution in [3.05, 3.63) is 53.6 Å². The van der Waals surface area contributed by atoms with E-state index < -0.39 is 10.0 Å². The predicted molar refractivity (Wildman–Crippen MR) is 102 cm³/mol. The molecule has 0 radical (unpaired) electrons. The molecule has 8 heteroatoms. The normalized spacial score (nSPS) is 15.3. The van der Waals surface area contributed by atoms with Crippen molar-refractivity contribution in [2.24, 2.45) is 0 Å². The second-order valence-corrected chi connectivity index (χ2v) is 8.12. The van der Waals surface area contributed by atoms with E-state index >= 15 is 0 Å². The quantitative estimate of drug-likeness (QED) is 0.847. The molecular weight excluding hydrogens is 368 g/mol. The van der Waals surface area contributed by atoms with Crippen LogP contribution in [0.1, 0.15) is 15.9 Å². The van der Waals surface area contributed by atoms with Crippen molar-refractivity contribution < 1.29 is 22.7 Å². The van der Waals surface area contributed by atoms with Gasteiger partial charge in [0.05, 0.1) is 25.2 Å². The fourth-order valence-electron chi connectivity index (χ4n) is 2.84. The van der Waals surface area contributed by atoms with E-state index in [2.05, 4.69) is 5.32 Å². The number of methoxy groups -OCH3 is 1. The van der Waals surface area contributed by atoms with E-state index in [0.717, 1.165) is 0 Å². The Bertz CT molecular complexity index is 937. The molecule has 1 amide bonds. The van der Waals surface area contributed by atoms with Crippen molar-refractivity contribution in [3.63, 3.8) is 0 Å². The third-order valence-corrected chi connectivity index (χ3v) is 6.28. The summed E-state index contributed by atoms with van der Waals surface area (Å²) in [6.07, 6.45) is 0. The van der Waals surface area contributed by atoms with Crippen molar-refractivity contribution in [1.29, 1.82) is 0 Å². The summed E-state index contributed by atoms with van der Waals surface area (Å²) < 4.78 is 37.4. The summed E-state index contributed by atoms with van der Waals surface area (Å²) in [6, 6.07) is 11.6. The molecule has 0 spiro atoms. The lowest BCUT2D eigenvalue weighted by Crippen LogP contribution is -2.40. The molecule has 0 bridgehead atoms. The van der Waals surface area contributed by atoms with Crippen LogP contribution >= 0.6 is 0 Å². The predicted octanol–water partition coefficient (Wildman–Crippen LogP) is 2.28. The topological polar surface area (TPSA) is 84.9 Å². The number of carbonyl (C=O) groups is 1. The average molecular weight is 390 g/mol. The fourth-order valence-corrected chi connectivity index (χ4v) is 4.28. The van der Waals surface area contributed by atoms with Gasteiger partial charge in [-0.25, -0.2) is 8.42 Å². The largest absolute Gasteiger partial charge is 0.497 e. The second kappa shape index (κ2) is 8.08. The zero-order valence-electron chi connectivity index (χ0n) is 15.3. The summed E-state index contributed by atoms with van der Waals surface area (Å²) in [5.41, 5.74) is 1.57. The summed E-state index contributed by atoms with van der Waals surface area (Å²) in [5, 5.41) is 2.78. The van der Waals surface area contributed by atoms with Crippen LogP contribution in [0.5, 0.6) is 5.75 Å². The van der Waals surface area contributed by atoms with Crippen LogP contribution in [0.4, 0.5) is 5.69 Å². The summed E-state index contributed by atoms with van der Waals surface area (Å²) >= 11 is 0. The maximum absolute atomic E-state index is 12.8. The summed E-state index contributed by atoms with van der Waals surface area (Å²) in [5.74, 6) is 0.243. The van der Waals surface area contributed by atoms with Crippen LogP contribution in [0.3, 0.4) is 0 Å². The van der Waals surface area contributed by atoms with E-state index in [1.165, 1.54) is 16.4 Å². The van der Waals surface area contributed by atoms with Crippen LogP contribution < -0.4 is 10.1 Å². The maximum Gasteiger partial charge on any atom is 0.255 e. The molecule has 0 saturated carbocycles. The molecule has 0 atom stereocenters. The lowest BCUT2D eigenvalue weighted by molar-refractivity contribution is 0.0730. The molecule has 1 aliphatic heterocycles. The van der Waals surface area contributed by atoms with Gasteiger partial charge in [-0.15, -0.1) is 0 Å². The summed E-state index contributed by atoms with van der Waals surface area (Å²) in [6.45, 7) is 3.12. The Balaban J connectivity index is 1.87. The number of anilines is 1. The molecule has 3 rings (SSSR count). The lowest BCUT2D eigenvalue weighted by Gasteiger charge is -2.26. The monoisotopic (exact) mass is 390 g/mol. The Labute approximate surface area is 158 Å². The number of nitrogens with zero attached hydrogens (tertiary/aromatic N) is 1. The van der Waals surface area contributed by atoms with Gasteiger partial charge in [0.25, 0.3) is 5.91 Å². The Morgan fingerprint density at radius 3 is 2.59 bits per heavy atom. The van der Waals surface area contributed by atoms with Crippen molar-refractivity contribution in [2.45, 2.75) is 11.8 Å². The number of amides is 1. The first kappa shape index (κ1) is 19.3. The smallest absolute Gasteiger partial charge is 0.255 e. The molecule has 1 saturated heterocycles. The molecule has 0 unspecified atom stereocenters. The van der Waals surface area contributed by atoms with Crippen LogP contribution in [0.2, 0.25) is 0 Å². The molecule has 1 fully saturated rings. The van der Waals surface area contributed by atoms with E-state index in [4.69, 9.17) is 9.47 Å². The number of sulfonamides is 1. The molecule has 1 aliphatic rings. The number of rotatable bonds is 5. The van der Waals surface area contributed by atoms with Gasteiger partial charge in [0, 0.05) is 30.4 Å². The Morgan fingerprint density at radius 1 is 1.15 bits per heavy atom. The highest BCUT2D eigenvalue weighted by Crippen LogP contribution is 2.22. The van der Waals surface area contributed by atoms with Crippen LogP contribution in [0.25, 0.3) is 0 Å². The van der Waals surface area contributed by atoms with Gasteiger partial charge in [0.2, 0.25) is 10.0 Å². The first-order valence-corrected chi connectivity index (χ1v) is 10.00. The van der Waals surface area contributed by atoms with Gasteiger partial charge in [-0.2, -0.15) is 4.31 Å². The highest BCUT2D eigenvalue weighted by molar-refractivity contribution is 7.89. The molecule has 27 heavy (non-hydrogen) atoms. The number of carbonyl (C=O) groups excluding carboxylic acids is 1. The third kappa shape index (κ3) is 4.29. The van der Waals surface area contributed by atoms with E-state index in [-0.39, 0.29) is 10.8 Å².